The molecular formula is C27H24O4. The van der Waals surface area contributed by atoms with E-state index in [0.29, 0.717) is 11.1 Å². The van der Waals surface area contributed by atoms with Crippen LogP contribution in [0.25, 0.3) is 22.3 Å². The van der Waals surface area contributed by atoms with E-state index in [4.69, 9.17) is 0 Å². The molecule has 4 aromatic rings. The maximum Gasteiger partial charge on any atom is 0.123 e. The van der Waals surface area contributed by atoms with Gasteiger partial charge in [0.1, 0.15) is 23.0 Å². The van der Waals surface area contributed by atoms with Crippen molar-refractivity contribution in [1.29, 1.82) is 0 Å². The average Bonchev–Trinajstić information content (AvgIpc) is 2.75. The van der Waals surface area contributed by atoms with Crippen molar-refractivity contribution >= 4 is 0 Å². The summed E-state index contributed by atoms with van der Waals surface area (Å²) in [5.74, 6) is 0.593. The zero-order valence-corrected chi connectivity index (χ0v) is 17.4. The Morgan fingerprint density at radius 2 is 0.839 bits per heavy atom. The van der Waals surface area contributed by atoms with Gasteiger partial charge < -0.3 is 20.4 Å². The monoisotopic (exact) mass is 412 g/mol. The first-order valence-electron chi connectivity index (χ1n) is 10.0. The van der Waals surface area contributed by atoms with Crippen LogP contribution in [-0.4, -0.2) is 20.4 Å². The first-order valence-corrected chi connectivity index (χ1v) is 10.0. The Morgan fingerprint density at radius 3 is 1.19 bits per heavy atom. The van der Waals surface area contributed by atoms with E-state index < -0.39 is 5.41 Å². The van der Waals surface area contributed by atoms with Crippen molar-refractivity contribution in [3.8, 4) is 45.3 Å². The number of benzene rings is 4. The molecule has 0 aromatic heterocycles. The Balaban J connectivity index is 1.95. The summed E-state index contributed by atoms with van der Waals surface area (Å²) in [7, 11) is 0. The number of hydrogen-bond acceptors (Lipinski definition) is 4. The van der Waals surface area contributed by atoms with E-state index in [9.17, 15) is 20.4 Å². The van der Waals surface area contributed by atoms with Gasteiger partial charge in [-0.05, 0) is 58.7 Å². The van der Waals surface area contributed by atoms with E-state index in [0.717, 1.165) is 22.3 Å². The molecule has 0 aliphatic carbocycles. The first kappa shape index (κ1) is 20.4. The molecule has 0 saturated heterocycles. The Hall–Kier alpha value is -3.92. The number of rotatable bonds is 4. The van der Waals surface area contributed by atoms with Gasteiger partial charge in [0.05, 0.1) is 0 Å². The number of hydrogen-bond donors (Lipinski definition) is 4. The van der Waals surface area contributed by atoms with Crippen molar-refractivity contribution in [2.75, 3.05) is 0 Å². The molecule has 4 heteroatoms. The lowest BCUT2D eigenvalue weighted by molar-refractivity contribution is 0.471. The van der Waals surface area contributed by atoms with Crippen molar-refractivity contribution in [2.24, 2.45) is 0 Å². The second kappa shape index (κ2) is 7.73. The second-order valence-electron chi connectivity index (χ2n) is 8.12. The molecule has 0 radical (unpaired) electrons. The Morgan fingerprint density at radius 1 is 0.484 bits per heavy atom. The van der Waals surface area contributed by atoms with Crippen LogP contribution in [0.3, 0.4) is 0 Å². The summed E-state index contributed by atoms with van der Waals surface area (Å²) in [5, 5.41) is 40.9. The summed E-state index contributed by atoms with van der Waals surface area (Å²) in [6, 6.07) is 24.3. The molecule has 0 spiro atoms. The Bertz CT molecular complexity index is 1130. The van der Waals surface area contributed by atoms with E-state index >= 15 is 0 Å². The third kappa shape index (κ3) is 3.68. The minimum absolute atomic E-state index is 0.141. The van der Waals surface area contributed by atoms with Crippen LogP contribution in [0.15, 0.2) is 84.9 Å². The fourth-order valence-corrected chi connectivity index (χ4v) is 4.13. The zero-order chi connectivity index (χ0) is 22.2. The molecule has 31 heavy (non-hydrogen) atoms. The molecule has 0 bridgehead atoms. The van der Waals surface area contributed by atoms with E-state index in [1.165, 1.54) is 0 Å². The van der Waals surface area contributed by atoms with Gasteiger partial charge in [-0.3, -0.25) is 0 Å². The number of aromatic hydroxyl groups is 4. The molecule has 4 N–H and O–H groups in total. The van der Waals surface area contributed by atoms with Crippen LogP contribution < -0.4 is 0 Å². The fourth-order valence-electron chi connectivity index (χ4n) is 4.13. The summed E-state index contributed by atoms with van der Waals surface area (Å²) >= 11 is 0. The molecular weight excluding hydrogens is 388 g/mol. The molecule has 0 fully saturated rings. The van der Waals surface area contributed by atoms with Crippen molar-refractivity contribution in [2.45, 2.75) is 19.3 Å². The lowest BCUT2D eigenvalue weighted by atomic mass is 9.72. The summed E-state index contributed by atoms with van der Waals surface area (Å²) in [4.78, 5) is 0. The van der Waals surface area contributed by atoms with E-state index in [2.05, 4.69) is 0 Å². The topological polar surface area (TPSA) is 80.9 Å². The van der Waals surface area contributed by atoms with Crippen molar-refractivity contribution in [3.05, 3.63) is 96.1 Å². The lowest BCUT2D eigenvalue weighted by Crippen LogP contribution is -2.21. The van der Waals surface area contributed by atoms with Gasteiger partial charge in [0.15, 0.2) is 0 Å². The van der Waals surface area contributed by atoms with Crippen LogP contribution >= 0.6 is 0 Å². The molecule has 0 heterocycles. The second-order valence-corrected chi connectivity index (χ2v) is 8.12. The predicted octanol–water partition coefficient (Wildman–Crippen LogP) is 6.17. The molecule has 0 aliphatic heterocycles. The third-order valence-corrected chi connectivity index (χ3v) is 5.74. The van der Waals surface area contributed by atoms with Crippen molar-refractivity contribution in [1.82, 2.24) is 0 Å². The van der Waals surface area contributed by atoms with Gasteiger partial charge in [0.2, 0.25) is 0 Å². The molecule has 0 amide bonds. The highest BCUT2D eigenvalue weighted by molar-refractivity contribution is 5.80. The largest absolute Gasteiger partial charge is 0.508 e. The summed E-state index contributed by atoms with van der Waals surface area (Å²) in [5.41, 5.74) is 4.07. The normalized spacial score (nSPS) is 11.4. The lowest BCUT2D eigenvalue weighted by Gasteiger charge is -2.31. The molecule has 0 aliphatic rings. The van der Waals surface area contributed by atoms with Gasteiger partial charge in [-0.15, -0.1) is 0 Å². The summed E-state index contributed by atoms with van der Waals surface area (Å²) < 4.78 is 0. The van der Waals surface area contributed by atoms with Crippen LogP contribution in [0.2, 0.25) is 0 Å². The minimum Gasteiger partial charge on any atom is -0.508 e. The molecule has 4 aromatic carbocycles. The highest BCUT2D eigenvalue weighted by atomic mass is 16.3. The standard InChI is InChI=1S/C27H24O4/c1-27(2,21-5-3-7-23(30)25(21)17-9-13-19(28)14-10-17)22-6-4-8-24(31)26(22)18-11-15-20(29)16-12-18/h3-16,28-31H,1-2H3. The third-order valence-electron chi connectivity index (χ3n) is 5.74. The van der Waals surface area contributed by atoms with Gasteiger partial charge in [-0.25, -0.2) is 0 Å². The summed E-state index contributed by atoms with van der Waals surface area (Å²) in [6.45, 7) is 4.09. The summed E-state index contributed by atoms with van der Waals surface area (Å²) in [6.07, 6.45) is 0. The van der Waals surface area contributed by atoms with Gasteiger partial charge in [0.25, 0.3) is 0 Å². The SMILES string of the molecule is CC(C)(c1cccc(O)c1-c1ccc(O)cc1)c1cccc(O)c1-c1ccc(O)cc1. The number of phenols is 4. The molecule has 0 unspecified atom stereocenters. The van der Waals surface area contributed by atoms with Crippen LogP contribution in [0, 0.1) is 0 Å². The van der Waals surface area contributed by atoms with Gasteiger partial charge in [-0.2, -0.15) is 0 Å². The van der Waals surface area contributed by atoms with Gasteiger partial charge >= 0.3 is 0 Å². The average molecular weight is 412 g/mol. The molecule has 0 saturated carbocycles. The fraction of sp³-hybridized carbons (Fsp3) is 0.111. The Kier molecular flexibility index (Phi) is 5.07. The van der Waals surface area contributed by atoms with Crippen molar-refractivity contribution < 1.29 is 20.4 Å². The maximum absolute atomic E-state index is 10.8. The predicted molar refractivity (Wildman–Crippen MR) is 123 cm³/mol. The molecule has 4 nitrogen and oxygen atoms in total. The van der Waals surface area contributed by atoms with Crippen LogP contribution in [0.4, 0.5) is 0 Å². The first-order chi connectivity index (χ1) is 14.8. The van der Waals surface area contributed by atoms with Crippen LogP contribution in [0.1, 0.15) is 25.0 Å². The van der Waals surface area contributed by atoms with E-state index in [1.54, 1.807) is 72.8 Å². The van der Waals surface area contributed by atoms with Crippen molar-refractivity contribution in [3.63, 3.8) is 0 Å². The Labute approximate surface area is 181 Å². The highest BCUT2D eigenvalue weighted by Crippen LogP contribution is 2.47. The zero-order valence-electron chi connectivity index (χ0n) is 17.4. The van der Waals surface area contributed by atoms with Gasteiger partial charge in [0, 0.05) is 16.5 Å². The van der Waals surface area contributed by atoms with E-state index in [-0.39, 0.29) is 23.0 Å². The molecule has 156 valence electrons. The maximum atomic E-state index is 10.8. The van der Waals surface area contributed by atoms with E-state index in [1.807, 2.05) is 26.0 Å². The molecule has 0 atom stereocenters. The number of phenolic OH excluding ortho intramolecular Hbond substituents is 4. The van der Waals surface area contributed by atoms with Crippen LogP contribution in [0.5, 0.6) is 23.0 Å². The van der Waals surface area contributed by atoms with Gasteiger partial charge in [-0.1, -0.05) is 62.4 Å². The quantitative estimate of drug-likeness (QED) is 0.323. The van der Waals surface area contributed by atoms with Crippen LogP contribution in [-0.2, 0) is 5.41 Å². The highest BCUT2D eigenvalue weighted by Gasteiger charge is 2.31. The smallest absolute Gasteiger partial charge is 0.123 e. The minimum atomic E-state index is -0.599. The molecule has 4 rings (SSSR count).